The molecular formula is C17H25N5O2. The highest BCUT2D eigenvalue weighted by Gasteiger charge is 2.31. The van der Waals surface area contributed by atoms with Crippen LogP contribution in [0.25, 0.3) is 0 Å². The van der Waals surface area contributed by atoms with Crippen LogP contribution in [-0.2, 0) is 9.59 Å². The summed E-state index contributed by atoms with van der Waals surface area (Å²) in [6.45, 7) is 4.70. The van der Waals surface area contributed by atoms with E-state index in [1.165, 1.54) is 0 Å². The second kappa shape index (κ2) is 7.59. The van der Waals surface area contributed by atoms with E-state index in [1.807, 2.05) is 0 Å². The molecule has 0 radical (unpaired) electrons. The van der Waals surface area contributed by atoms with Gasteiger partial charge in [0, 0.05) is 31.6 Å². The van der Waals surface area contributed by atoms with Crippen LogP contribution >= 0.6 is 0 Å². The van der Waals surface area contributed by atoms with E-state index in [0.29, 0.717) is 32.0 Å². The number of nitrogens with one attached hydrogen (secondary N) is 1. The molecule has 1 aliphatic carbocycles. The Kier molecular flexibility index (Phi) is 5.27. The van der Waals surface area contributed by atoms with E-state index < -0.39 is 0 Å². The van der Waals surface area contributed by atoms with Crippen LogP contribution in [0.2, 0.25) is 0 Å². The van der Waals surface area contributed by atoms with Crippen molar-refractivity contribution in [1.82, 2.24) is 25.0 Å². The van der Waals surface area contributed by atoms with E-state index in [4.69, 9.17) is 0 Å². The molecule has 130 valence electrons. The molecular weight excluding hydrogens is 306 g/mol. The molecule has 1 N–H and O–H groups in total. The second-order valence-electron chi connectivity index (χ2n) is 6.75. The molecule has 0 spiro atoms. The topological polar surface area (TPSA) is 80.1 Å². The van der Waals surface area contributed by atoms with Gasteiger partial charge in [0.25, 0.3) is 0 Å². The highest BCUT2D eigenvalue weighted by atomic mass is 16.2. The molecule has 7 nitrogen and oxygen atoms in total. The summed E-state index contributed by atoms with van der Waals surface area (Å²) in [6, 6.07) is 0.666. The number of carbonyl (C=O) groups excluding carboxylic acids is 2. The quantitative estimate of drug-likeness (QED) is 0.825. The Bertz CT molecular complexity index is 578. The number of rotatable bonds is 5. The first-order chi connectivity index (χ1) is 11.7. The van der Waals surface area contributed by atoms with Crippen molar-refractivity contribution in [2.24, 2.45) is 5.92 Å². The van der Waals surface area contributed by atoms with E-state index in [9.17, 15) is 9.59 Å². The Balaban J connectivity index is 1.47. The zero-order valence-electron chi connectivity index (χ0n) is 13.9. The van der Waals surface area contributed by atoms with Crippen molar-refractivity contribution < 1.29 is 9.59 Å². The summed E-state index contributed by atoms with van der Waals surface area (Å²) in [5.74, 6) is 0.107. The van der Waals surface area contributed by atoms with Gasteiger partial charge in [0.1, 0.15) is 12.7 Å². The maximum atomic E-state index is 12.5. The highest BCUT2D eigenvalue weighted by molar-refractivity contribution is 5.84. The fraction of sp³-hybridized carbons (Fsp3) is 0.647. The van der Waals surface area contributed by atoms with Crippen LogP contribution in [0.1, 0.15) is 44.6 Å². The number of amides is 2. The largest absolute Gasteiger partial charge is 0.353 e. The third-order valence-corrected chi connectivity index (χ3v) is 5.12. The fourth-order valence-corrected chi connectivity index (χ4v) is 3.70. The van der Waals surface area contributed by atoms with Gasteiger partial charge in [-0.1, -0.05) is 6.08 Å². The highest BCUT2D eigenvalue weighted by Crippen LogP contribution is 2.28. The van der Waals surface area contributed by atoms with E-state index >= 15 is 0 Å². The van der Waals surface area contributed by atoms with Gasteiger partial charge in [0.2, 0.25) is 11.8 Å². The maximum absolute atomic E-state index is 12.5. The zero-order valence-corrected chi connectivity index (χ0v) is 13.9. The normalized spacial score (nSPS) is 27.8. The van der Waals surface area contributed by atoms with Gasteiger partial charge in [-0.2, -0.15) is 0 Å². The van der Waals surface area contributed by atoms with E-state index in [2.05, 4.69) is 26.7 Å². The summed E-state index contributed by atoms with van der Waals surface area (Å²) in [5, 5.41) is 10.9. The molecule has 2 aliphatic rings. The van der Waals surface area contributed by atoms with Crippen molar-refractivity contribution in [2.75, 3.05) is 13.1 Å². The van der Waals surface area contributed by atoms with E-state index in [-0.39, 0.29) is 23.8 Å². The van der Waals surface area contributed by atoms with E-state index in [1.54, 1.807) is 23.6 Å². The molecule has 1 saturated carbocycles. The van der Waals surface area contributed by atoms with Crippen molar-refractivity contribution in [3.63, 3.8) is 0 Å². The van der Waals surface area contributed by atoms with Crippen LogP contribution in [0.4, 0.5) is 0 Å². The Labute approximate surface area is 142 Å². The molecule has 1 aliphatic heterocycles. The minimum absolute atomic E-state index is 0.0873. The smallest absolute Gasteiger partial charge is 0.225 e. The summed E-state index contributed by atoms with van der Waals surface area (Å²) >= 11 is 0. The van der Waals surface area contributed by atoms with Crippen LogP contribution in [0.5, 0.6) is 0 Å². The maximum Gasteiger partial charge on any atom is 0.225 e. The molecule has 7 heteroatoms. The summed E-state index contributed by atoms with van der Waals surface area (Å²) in [6.07, 6.45) is 10.3. The van der Waals surface area contributed by atoms with Gasteiger partial charge in [0.15, 0.2) is 0 Å². The zero-order chi connectivity index (χ0) is 16.9. The number of carbonyl (C=O) groups is 2. The Morgan fingerprint density at radius 1 is 1.25 bits per heavy atom. The van der Waals surface area contributed by atoms with Crippen molar-refractivity contribution in [1.29, 1.82) is 0 Å². The second-order valence-corrected chi connectivity index (χ2v) is 6.75. The number of hydrogen-bond donors (Lipinski definition) is 1. The minimum atomic E-state index is -0.0989. The van der Waals surface area contributed by atoms with Crippen molar-refractivity contribution in [3.8, 4) is 0 Å². The van der Waals surface area contributed by atoms with Crippen LogP contribution in [-0.4, -0.2) is 50.6 Å². The molecule has 2 amide bonds. The SMILES string of the molecule is C=CCN1C[C@@H](C(=O)NC2CCC(n3cnnc3)CC2)CCC1=O. The Morgan fingerprint density at radius 2 is 1.96 bits per heavy atom. The number of likely N-dealkylation sites (tertiary alicyclic amines) is 1. The summed E-state index contributed by atoms with van der Waals surface area (Å²) < 4.78 is 2.05. The van der Waals surface area contributed by atoms with Crippen LogP contribution in [0.3, 0.4) is 0 Å². The summed E-state index contributed by atoms with van der Waals surface area (Å²) in [7, 11) is 0. The molecule has 0 aromatic carbocycles. The lowest BCUT2D eigenvalue weighted by Crippen LogP contribution is -2.48. The number of hydrogen-bond acceptors (Lipinski definition) is 4. The first-order valence-corrected chi connectivity index (χ1v) is 8.70. The lowest BCUT2D eigenvalue weighted by molar-refractivity contribution is -0.138. The number of aromatic nitrogens is 3. The van der Waals surface area contributed by atoms with Gasteiger partial charge in [0.05, 0.1) is 5.92 Å². The lowest BCUT2D eigenvalue weighted by Gasteiger charge is -2.34. The fourth-order valence-electron chi connectivity index (χ4n) is 3.70. The molecule has 1 aromatic heterocycles. The first kappa shape index (κ1) is 16.7. The van der Waals surface area contributed by atoms with Gasteiger partial charge < -0.3 is 14.8 Å². The van der Waals surface area contributed by atoms with Crippen molar-refractivity contribution >= 4 is 11.8 Å². The average molecular weight is 331 g/mol. The number of nitrogens with zero attached hydrogens (tertiary/aromatic N) is 4. The van der Waals surface area contributed by atoms with Gasteiger partial charge in [-0.15, -0.1) is 16.8 Å². The van der Waals surface area contributed by atoms with Crippen molar-refractivity contribution in [3.05, 3.63) is 25.3 Å². The molecule has 1 saturated heterocycles. The Hall–Kier alpha value is -2.18. The first-order valence-electron chi connectivity index (χ1n) is 8.70. The molecule has 1 atom stereocenters. The van der Waals surface area contributed by atoms with E-state index in [0.717, 1.165) is 25.7 Å². The predicted octanol–water partition coefficient (Wildman–Crippen LogP) is 1.30. The summed E-state index contributed by atoms with van der Waals surface area (Å²) in [4.78, 5) is 26.1. The molecule has 0 unspecified atom stereocenters. The Morgan fingerprint density at radius 3 is 2.62 bits per heavy atom. The van der Waals surface area contributed by atoms with Gasteiger partial charge in [-0.25, -0.2) is 0 Å². The van der Waals surface area contributed by atoms with Gasteiger partial charge in [-0.3, -0.25) is 9.59 Å². The molecule has 1 aromatic rings. The van der Waals surface area contributed by atoms with Crippen LogP contribution in [0, 0.1) is 5.92 Å². The van der Waals surface area contributed by atoms with Gasteiger partial charge >= 0.3 is 0 Å². The molecule has 2 fully saturated rings. The minimum Gasteiger partial charge on any atom is -0.353 e. The monoisotopic (exact) mass is 331 g/mol. The standard InChI is InChI=1S/C17H25N5O2/c1-2-9-21-10-13(3-8-16(21)23)17(24)20-14-4-6-15(7-5-14)22-11-18-19-12-22/h2,11-15H,1,3-10H2,(H,20,24)/t13-,14?,15?/m0/s1. The summed E-state index contributed by atoms with van der Waals surface area (Å²) in [5.41, 5.74) is 0. The molecule has 3 rings (SSSR count). The van der Waals surface area contributed by atoms with Crippen LogP contribution in [0.15, 0.2) is 25.3 Å². The predicted molar refractivity (Wildman–Crippen MR) is 89.0 cm³/mol. The van der Waals surface area contributed by atoms with Gasteiger partial charge in [-0.05, 0) is 32.1 Å². The average Bonchev–Trinajstić information content (AvgIpc) is 3.12. The third kappa shape index (κ3) is 3.83. The third-order valence-electron chi connectivity index (χ3n) is 5.12. The molecule has 0 bridgehead atoms. The molecule has 24 heavy (non-hydrogen) atoms. The van der Waals surface area contributed by atoms with Crippen LogP contribution < -0.4 is 5.32 Å². The lowest BCUT2D eigenvalue weighted by atomic mass is 9.90. The van der Waals surface area contributed by atoms with Crippen molar-refractivity contribution in [2.45, 2.75) is 50.6 Å². The number of piperidine rings is 1. The molecule has 2 heterocycles.